The zero-order valence-electron chi connectivity index (χ0n) is 15.5. The van der Waals surface area contributed by atoms with Crippen molar-refractivity contribution in [3.05, 3.63) is 21.9 Å². The van der Waals surface area contributed by atoms with Crippen LogP contribution in [0.15, 0.2) is 11.4 Å². The van der Waals surface area contributed by atoms with Crippen molar-refractivity contribution in [2.75, 3.05) is 39.3 Å². The second-order valence-electron chi connectivity index (χ2n) is 7.87. The number of nitrogens with zero attached hydrogens (tertiary/aromatic N) is 3. The molecule has 26 heavy (non-hydrogen) atoms. The van der Waals surface area contributed by atoms with Crippen molar-refractivity contribution in [2.24, 2.45) is 5.92 Å². The third-order valence-electron chi connectivity index (χ3n) is 6.12. The van der Waals surface area contributed by atoms with Gasteiger partial charge in [0.1, 0.15) is 0 Å². The van der Waals surface area contributed by atoms with E-state index in [-0.39, 0.29) is 11.8 Å². The first-order chi connectivity index (χ1) is 12.7. The monoisotopic (exact) mass is 375 g/mol. The van der Waals surface area contributed by atoms with Gasteiger partial charge in [0.05, 0.1) is 6.54 Å². The molecule has 0 atom stereocenters. The van der Waals surface area contributed by atoms with Crippen molar-refractivity contribution in [3.63, 3.8) is 0 Å². The number of carbonyl (C=O) groups is 2. The van der Waals surface area contributed by atoms with Crippen LogP contribution < -0.4 is 0 Å². The lowest BCUT2D eigenvalue weighted by Crippen LogP contribution is -2.47. The highest BCUT2D eigenvalue weighted by Gasteiger charge is 2.30. The lowest BCUT2D eigenvalue weighted by atomic mass is 9.94. The van der Waals surface area contributed by atoms with Crippen molar-refractivity contribution in [1.82, 2.24) is 14.7 Å². The summed E-state index contributed by atoms with van der Waals surface area (Å²) in [6, 6.07) is 2.15. The van der Waals surface area contributed by atoms with Gasteiger partial charge in [0, 0.05) is 37.0 Å². The third kappa shape index (κ3) is 3.96. The highest BCUT2D eigenvalue weighted by atomic mass is 32.1. The molecule has 0 aromatic carbocycles. The molecule has 2 amide bonds. The summed E-state index contributed by atoms with van der Waals surface area (Å²) < 4.78 is 0. The van der Waals surface area contributed by atoms with Crippen LogP contribution in [0.2, 0.25) is 0 Å². The molecule has 4 rings (SSSR count). The van der Waals surface area contributed by atoms with E-state index in [0.29, 0.717) is 12.5 Å². The second kappa shape index (κ2) is 8.09. The van der Waals surface area contributed by atoms with Crippen LogP contribution in [0.3, 0.4) is 0 Å². The summed E-state index contributed by atoms with van der Waals surface area (Å²) >= 11 is 1.81. The number of likely N-dealkylation sites (tertiary alicyclic amines) is 2. The Morgan fingerprint density at radius 1 is 1.00 bits per heavy atom. The molecule has 0 unspecified atom stereocenters. The number of piperidine rings is 2. The van der Waals surface area contributed by atoms with Crippen LogP contribution in [0.5, 0.6) is 0 Å². The Labute approximate surface area is 159 Å². The summed E-state index contributed by atoms with van der Waals surface area (Å²) in [4.78, 5) is 33.1. The Bertz CT molecular complexity index is 645. The van der Waals surface area contributed by atoms with Gasteiger partial charge in [-0.2, -0.15) is 0 Å². The fourth-order valence-electron chi connectivity index (χ4n) is 4.46. The summed E-state index contributed by atoms with van der Waals surface area (Å²) in [5.41, 5.74) is 1.32. The van der Waals surface area contributed by atoms with Crippen molar-refractivity contribution in [2.45, 2.75) is 45.1 Å². The Morgan fingerprint density at radius 2 is 1.77 bits per heavy atom. The van der Waals surface area contributed by atoms with Gasteiger partial charge in [0.15, 0.2) is 0 Å². The highest BCUT2D eigenvalue weighted by Crippen LogP contribution is 2.25. The van der Waals surface area contributed by atoms with Gasteiger partial charge in [-0.3, -0.25) is 14.5 Å². The molecular formula is C20H29N3O2S. The number of thiophene rings is 1. The van der Waals surface area contributed by atoms with Gasteiger partial charge in [-0.05, 0) is 68.6 Å². The topological polar surface area (TPSA) is 43.9 Å². The summed E-state index contributed by atoms with van der Waals surface area (Å²) in [5.74, 6) is 0.766. The predicted molar refractivity (Wildman–Crippen MR) is 103 cm³/mol. The molecule has 142 valence electrons. The SMILES string of the molecule is O=C(CN1CCC(C(=O)N2CCCCC2)CC1)N1CCc2sccc2C1. The van der Waals surface area contributed by atoms with E-state index < -0.39 is 0 Å². The molecule has 4 heterocycles. The van der Waals surface area contributed by atoms with Crippen molar-refractivity contribution >= 4 is 23.2 Å². The molecule has 1 aromatic heterocycles. The molecule has 2 saturated heterocycles. The average Bonchev–Trinajstić information content (AvgIpc) is 3.16. The fourth-order valence-corrected chi connectivity index (χ4v) is 5.35. The molecule has 0 aliphatic carbocycles. The Hall–Kier alpha value is -1.40. The summed E-state index contributed by atoms with van der Waals surface area (Å²) in [6.07, 6.45) is 6.36. The zero-order valence-corrected chi connectivity index (χ0v) is 16.3. The Kier molecular flexibility index (Phi) is 5.60. The smallest absolute Gasteiger partial charge is 0.237 e. The summed E-state index contributed by atoms with van der Waals surface area (Å²) in [7, 11) is 0. The molecule has 0 spiro atoms. The van der Waals surface area contributed by atoms with Gasteiger partial charge in [-0.25, -0.2) is 0 Å². The number of fused-ring (bicyclic) bond motifs is 1. The largest absolute Gasteiger partial charge is 0.342 e. The molecule has 0 saturated carbocycles. The van der Waals surface area contributed by atoms with Crippen LogP contribution in [0, 0.1) is 5.92 Å². The maximum absolute atomic E-state index is 12.7. The molecular weight excluding hydrogens is 346 g/mol. The molecule has 2 fully saturated rings. The lowest BCUT2D eigenvalue weighted by molar-refractivity contribution is -0.138. The lowest BCUT2D eigenvalue weighted by Gasteiger charge is -2.36. The number of hydrogen-bond acceptors (Lipinski definition) is 4. The minimum Gasteiger partial charge on any atom is -0.342 e. The van der Waals surface area contributed by atoms with Gasteiger partial charge in [-0.1, -0.05) is 0 Å². The first-order valence-corrected chi connectivity index (χ1v) is 10.9. The van der Waals surface area contributed by atoms with Crippen LogP contribution >= 0.6 is 11.3 Å². The van der Waals surface area contributed by atoms with E-state index in [4.69, 9.17) is 0 Å². The van der Waals surface area contributed by atoms with Gasteiger partial charge in [0.2, 0.25) is 11.8 Å². The molecule has 0 bridgehead atoms. The van der Waals surface area contributed by atoms with Gasteiger partial charge in [0.25, 0.3) is 0 Å². The van der Waals surface area contributed by atoms with Gasteiger partial charge in [-0.15, -0.1) is 11.3 Å². The predicted octanol–water partition coefficient (Wildman–Crippen LogP) is 2.36. The van der Waals surface area contributed by atoms with E-state index >= 15 is 0 Å². The second-order valence-corrected chi connectivity index (χ2v) is 8.87. The normalized spacial score (nSPS) is 22.3. The van der Waals surface area contributed by atoms with Gasteiger partial charge >= 0.3 is 0 Å². The number of amides is 2. The minimum atomic E-state index is 0.169. The van der Waals surface area contributed by atoms with Crippen LogP contribution in [-0.4, -0.2) is 65.8 Å². The van der Waals surface area contributed by atoms with Crippen LogP contribution in [-0.2, 0) is 22.6 Å². The van der Waals surface area contributed by atoms with E-state index in [1.165, 1.54) is 16.9 Å². The maximum atomic E-state index is 12.7. The molecule has 0 N–H and O–H groups in total. The number of hydrogen-bond donors (Lipinski definition) is 0. The standard InChI is InChI=1S/C20H29N3O2S/c24-19(23-12-6-18-17(14-23)7-13-26-18)15-21-10-4-16(5-11-21)20(25)22-8-2-1-3-9-22/h7,13,16H,1-6,8-12,14-15H2. The highest BCUT2D eigenvalue weighted by molar-refractivity contribution is 7.10. The first-order valence-electron chi connectivity index (χ1n) is 10.0. The Balaban J connectivity index is 1.23. The van der Waals surface area contributed by atoms with E-state index in [1.54, 1.807) is 11.3 Å². The molecule has 6 heteroatoms. The minimum absolute atomic E-state index is 0.169. The van der Waals surface area contributed by atoms with Crippen molar-refractivity contribution in [1.29, 1.82) is 0 Å². The van der Waals surface area contributed by atoms with Crippen molar-refractivity contribution < 1.29 is 9.59 Å². The zero-order chi connectivity index (χ0) is 17.9. The quantitative estimate of drug-likeness (QED) is 0.815. The van der Waals surface area contributed by atoms with E-state index in [1.807, 2.05) is 4.90 Å². The van der Waals surface area contributed by atoms with E-state index in [0.717, 1.165) is 71.4 Å². The third-order valence-corrected chi connectivity index (χ3v) is 7.15. The molecule has 5 nitrogen and oxygen atoms in total. The molecule has 3 aliphatic heterocycles. The van der Waals surface area contributed by atoms with E-state index in [2.05, 4.69) is 21.2 Å². The van der Waals surface area contributed by atoms with Crippen LogP contribution in [0.1, 0.15) is 42.5 Å². The Morgan fingerprint density at radius 3 is 2.54 bits per heavy atom. The number of rotatable bonds is 3. The number of carbonyl (C=O) groups excluding carboxylic acids is 2. The fraction of sp³-hybridized carbons (Fsp3) is 0.700. The maximum Gasteiger partial charge on any atom is 0.237 e. The van der Waals surface area contributed by atoms with Crippen LogP contribution in [0.4, 0.5) is 0 Å². The first kappa shape index (κ1) is 18.0. The van der Waals surface area contributed by atoms with E-state index in [9.17, 15) is 9.59 Å². The molecule has 3 aliphatic rings. The average molecular weight is 376 g/mol. The summed E-state index contributed by atoms with van der Waals surface area (Å²) in [5, 5.41) is 2.13. The molecule has 1 aromatic rings. The summed E-state index contributed by atoms with van der Waals surface area (Å²) in [6.45, 7) is 5.73. The van der Waals surface area contributed by atoms with Crippen LogP contribution in [0.25, 0.3) is 0 Å². The molecule has 0 radical (unpaired) electrons. The van der Waals surface area contributed by atoms with Crippen molar-refractivity contribution in [3.8, 4) is 0 Å². The van der Waals surface area contributed by atoms with Gasteiger partial charge < -0.3 is 9.80 Å².